The Labute approximate surface area is 142 Å². The summed E-state index contributed by atoms with van der Waals surface area (Å²) in [6.07, 6.45) is 14.8. The Hall–Kier alpha value is 0.140. The number of rotatable bonds is 13. The molecule has 0 atom stereocenters. The standard InChI is InChI=1S/C15H29NO2.Na.H/c1-2-3-4-5-6-7-8-9-10-11-13-16-14-12-15(17)18;;/h14H,2-13H2,1H3,(H,17,18);;/q;+1;-1. The summed E-state index contributed by atoms with van der Waals surface area (Å²) in [6, 6.07) is 0. The number of carboxylic acid groups (broad SMARTS) is 1. The molecule has 0 aliphatic carbocycles. The van der Waals surface area contributed by atoms with E-state index in [1.807, 2.05) is 0 Å². The van der Waals surface area contributed by atoms with E-state index in [1.165, 1.54) is 64.0 Å². The molecule has 1 N–H and O–H groups in total. The van der Waals surface area contributed by atoms with Crippen molar-refractivity contribution in [3.05, 3.63) is 0 Å². The quantitative estimate of drug-likeness (QED) is 0.316. The third-order valence-corrected chi connectivity index (χ3v) is 3.04. The summed E-state index contributed by atoms with van der Waals surface area (Å²) >= 11 is 0. The summed E-state index contributed by atoms with van der Waals surface area (Å²) in [7, 11) is 0. The van der Waals surface area contributed by atoms with E-state index in [0.717, 1.165) is 13.0 Å². The third kappa shape index (κ3) is 20.6. The van der Waals surface area contributed by atoms with Gasteiger partial charge < -0.3 is 6.53 Å². The van der Waals surface area contributed by atoms with Crippen molar-refractivity contribution in [2.75, 3.05) is 6.54 Å². The van der Waals surface area contributed by atoms with Gasteiger partial charge in [0.15, 0.2) is 0 Å². The van der Waals surface area contributed by atoms with Crippen molar-refractivity contribution in [3.8, 4) is 0 Å². The number of hydrogen-bond acceptors (Lipinski definition) is 2. The van der Waals surface area contributed by atoms with Crippen LogP contribution in [0.2, 0.25) is 0 Å². The van der Waals surface area contributed by atoms with Crippen LogP contribution in [0.1, 0.15) is 79.0 Å². The van der Waals surface area contributed by atoms with Gasteiger partial charge in [-0.25, -0.2) is 0 Å². The van der Waals surface area contributed by atoms with Crippen molar-refractivity contribution in [3.63, 3.8) is 0 Å². The van der Waals surface area contributed by atoms with Gasteiger partial charge in [-0.05, 0) is 6.42 Å². The Morgan fingerprint density at radius 2 is 1.47 bits per heavy atom. The van der Waals surface area contributed by atoms with E-state index in [9.17, 15) is 4.79 Å². The minimum absolute atomic E-state index is 0. The van der Waals surface area contributed by atoms with Crippen LogP contribution in [0.15, 0.2) is 4.99 Å². The van der Waals surface area contributed by atoms with Crippen molar-refractivity contribution in [2.24, 2.45) is 4.99 Å². The molecule has 0 unspecified atom stereocenters. The molecule has 108 valence electrons. The van der Waals surface area contributed by atoms with Crippen LogP contribution in [-0.2, 0) is 4.79 Å². The Bertz CT molecular complexity index is 226. The number of nitrogens with zero attached hydrogens (tertiary/aromatic N) is 1. The number of aliphatic carboxylic acids is 1. The number of carbonyl (C=O) groups is 1. The topological polar surface area (TPSA) is 49.7 Å². The Kier molecular flexibility index (Phi) is 20.5. The van der Waals surface area contributed by atoms with E-state index < -0.39 is 5.97 Å². The number of unbranched alkanes of at least 4 members (excludes halogenated alkanes) is 9. The van der Waals surface area contributed by atoms with Gasteiger partial charge in [-0.1, -0.05) is 64.7 Å². The summed E-state index contributed by atoms with van der Waals surface area (Å²) in [5, 5.41) is 8.40. The van der Waals surface area contributed by atoms with Crippen LogP contribution in [0.5, 0.6) is 0 Å². The van der Waals surface area contributed by atoms with Crippen LogP contribution in [0.3, 0.4) is 0 Å². The van der Waals surface area contributed by atoms with E-state index in [2.05, 4.69) is 11.9 Å². The second kappa shape index (κ2) is 18.1. The van der Waals surface area contributed by atoms with Gasteiger partial charge >= 0.3 is 35.5 Å². The van der Waals surface area contributed by atoms with Crippen LogP contribution >= 0.6 is 0 Å². The molecule has 4 heteroatoms. The molecule has 0 rings (SSSR count). The molecule has 0 heterocycles. The van der Waals surface area contributed by atoms with Crippen LogP contribution < -0.4 is 29.6 Å². The Balaban J connectivity index is -0.00000144. The summed E-state index contributed by atoms with van der Waals surface area (Å²) in [5.74, 6) is -0.804. The van der Waals surface area contributed by atoms with Gasteiger partial charge in [0.1, 0.15) is 0 Å². The van der Waals surface area contributed by atoms with Crippen molar-refractivity contribution in [2.45, 2.75) is 77.6 Å². The maximum absolute atomic E-state index is 10.2. The van der Waals surface area contributed by atoms with Gasteiger partial charge in [-0.3, -0.25) is 9.79 Å². The van der Waals surface area contributed by atoms with Crippen LogP contribution in [0.25, 0.3) is 0 Å². The molecule has 0 amide bonds. The monoisotopic (exact) mass is 279 g/mol. The van der Waals surface area contributed by atoms with Crippen molar-refractivity contribution in [1.29, 1.82) is 0 Å². The average Bonchev–Trinajstić information content (AvgIpc) is 2.34. The number of carboxylic acids is 1. The van der Waals surface area contributed by atoms with Crippen molar-refractivity contribution < 1.29 is 40.9 Å². The number of hydrogen-bond donors (Lipinski definition) is 1. The van der Waals surface area contributed by atoms with Gasteiger partial charge in [-0.15, -0.1) is 0 Å². The number of aliphatic imine (C=N–C) groups is 1. The fraction of sp³-hybridized carbons (Fsp3) is 0.867. The van der Waals surface area contributed by atoms with Crippen LogP contribution in [-0.4, -0.2) is 23.8 Å². The maximum Gasteiger partial charge on any atom is 1.00 e. The summed E-state index contributed by atoms with van der Waals surface area (Å²) in [6.45, 7) is 3.03. The van der Waals surface area contributed by atoms with E-state index in [1.54, 1.807) is 0 Å². The van der Waals surface area contributed by atoms with Crippen molar-refractivity contribution >= 4 is 12.2 Å². The predicted molar refractivity (Wildman–Crippen MR) is 78.6 cm³/mol. The zero-order valence-electron chi connectivity index (χ0n) is 13.9. The SMILES string of the molecule is CCCCCCCCCCCCN=CCC(=O)O.[H-].[Na+]. The normalized spacial score (nSPS) is 10.6. The Morgan fingerprint density at radius 3 is 1.95 bits per heavy atom. The average molecular weight is 279 g/mol. The molecule has 0 aliphatic rings. The van der Waals surface area contributed by atoms with E-state index >= 15 is 0 Å². The molecule has 0 fully saturated rings. The molecular weight excluding hydrogens is 249 g/mol. The molecule has 0 saturated heterocycles. The first kappa shape index (κ1) is 21.4. The first-order chi connectivity index (χ1) is 8.77. The van der Waals surface area contributed by atoms with Crippen molar-refractivity contribution in [1.82, 2.24) is 0 Å². The molecule has 0 aliphatic heterocycles. The molecule has 0 bridgehead atoms. The second-order valence-corrected chi connectivity index (χ2v) is 4.87. The van der Waals surface area contributed by atoms with Gasteiger partial charge in [0.25, 0.3) is 0 Å². The third-order valence-electron chi connectivity index (χ3n) is 3.04. The van der Waals surface area contributed by atoms with E-state index in [4.69, 9.17) is 5.11 Å². The minimum atomic E-state index is -0.804. The zero-order chi connectivity index (χ0) is 13.5. The molecule has 0 spiro atoms. The van der Waals surface area contributed by atoms with Crippen LogP contribution in [0, 0.1) is 0 Å². The Morgan fingerprint density at radius 1 is 1.00 bits per heavy atom. The maximum atomic E-state index is 10.2. The second-order valence-electron chi connectivity index (χ2n) is 4.87. The van der Waals surface area contributed by atoms with E-state index in [-0.39, 0.29) is 37.4 Å². The first-order valence-corrected chi connectivity index (χ1v) is 7.47. The summed E-state index contributed by atoms with van der Waals surface area (Å²) in [4.78, 5) is 14.3. The van der Waals surface area contributed by atoms with E-state index in [0.29, 0.717) is 0 Å². The largest absolute Gasteiger partial charge is 1.00 e. The van der Waals surface area contributed by atoms with Gasteiger partial charge in [0, 0.05) is 12.8 Å². The molecule has 3 nitrogen and oxygen atoms in total. The molecule has 0 aromatic rings. The smallest absolute Gasteiger partial charge is 1.00 e. The fourth-order valence-electron chi connectivity index (χ4n) is 1.92. The van der Waals surface area contributed by atoms with Crippen LogP contribution in [0.4, 0.5) is 0 Å². The summed E-state index contributed by atoms with van der Waals surface area (Å²) < 4.78 is 0. The predicted octanol–water partition coefficient (Wildman–Crippen LogP) is 1.57. The summed E-state index contributed by atoms with van der Waals surface area (Å²) in [5.41, 5.74) is 0. The zero-order valence-corrected chi connectivity index (χ0v) is 14.9. The molecule has 0 saturated carbocycles. The molecule has 0 radical (unpaired) electrons. The molecular formula is C15H30NNaO2. The molecule has 19 heavy (non-hydrogen) atoms. The first-order valence-electron chi connectivity index (χ1n) is 7.47. The van der Waals surface area contributed by atoms with Gasteiger partial charge in [0.2, 0.25) is 0 Å². The fourth-order valence-corrected chi connectivity index (χ4v) is 1.92. The van der Waals surface area contributed by atoms with Gasteiger partial charge in [-0.2, -0.15) is 0 Å². The van der Waals surface area contributed by atoms with Gasteiger partial charge in [0.05, 0.1) is 6.42 Å². The minimum Gasteiger partial charge on any atom is -1.00 e. The molecule has 0 aromatic carbocycles. The molecule has 0 aromatic heterocycles.